The number of urea groups is 1. The third-order valence-electron chi connectivity index (χ3n) is 4.67. The molecule has 3 amide bonds. The van der Waals surface area contributed by atoms with Crippen molar-refractivity contribution < 1.29 is 42.5 Å². The lowest BCUT2D eigenvalue weighted by Crippen LogP contribution is -2.30. The summed E-state index contributed by atoms with van der Waals surface area (Å²) in [6.07, 6.45) is 1.21. The molecule has 192 valence electrons. The minimum Gasteiger partial charge on any atom is -0.490 e. The molecule has 2 aromatic rings. The van der Waals surface area contributed by atoms with E-state index in [-0.39, 0.29) is 36.5 Å². The molecular weight excluding hydrogens is 540 g/mol. The highest BCUT2D eigenvalue weighted by atomic mass is 79.9. The number of benzene rings is 1. The van der Waals surface area contributed by atoms with Crippen LogP contribution in [-0.4, -0.2) is 55.2 Å². The summed E-state index contributed by atoms with van der Waals surface area (Å²) in [6, 6.07) is 5.50. The van der Waals surface area contributed by atoms with Crippen molar-refractivity contribution in [3.63, 3.8) is 0 Å². The Bertz CT molecular complexity index is 1200. The van der Waals surface area contributed by atoms with Gasteiger partial charge in [-0.2, -0.15) is 0 Å². The van der Waals surface area contributed by atoms with Crippen LogP contribution in [0.25, 0.3) is 6.08 Å². The van der Waals surface area contributed by atoms with Crippen molar-refractivity contribution in [2.45, 2.75) is 33.4 Å². The molecule has 0 aliphatic carbocycles. The fourth-order valence-corrected chi connectivity index (χ4v) is 3.79. The maximum absolute atomic E-state index is 12.9. The van der Waals surface area contributed by atoms with Gasteiger partial charge in [0.05, 0.1) is 30.8 Å². The molecule has 36 heavy (non-hydrogen) atoms. The Morgan fingerprint density at radius 3 is 2.61 bits per heavy atom. The van der Waals surface area contributed by atoms with E-state index in [1.165, 1.54) is 25.3 Å². The molecule has 1 aromatic heterocycles. The quantitative estimate of drug-likeness (QED) is 0.260. The van der Waals surface area contributed by atoms with E-state index < -0.39 is 23.9 Å². The Kier molecular flexibility index (Phi) is 8.75. The second kappa shape index (κ2) is 11.8. The molecule has 1 aliphatic heterocycles. The number of furan rings is 1. The molecular formula is C24H25BrN2O9. The van der Waals surface area contributed by atoms with Gasteiger partial charge in [0.2, 0.25) is 5.76 Å². The van der Waals surface area contributed by atoms with Crippen LogP contribution in [0.3, 0.4) is 0 Å². The Labute approximate surface area is 215 Å². The van der Waals surface area contributed by atoms with E-state index in [2.05, 4.69) is 26.0 Å². The number of methoxy groups -OCH3 is 1. The van der Waals surface area contributed by atoms with E-state index in [1.54, 1.807) is 32.9 Å². The molecule has 0 atom stereocenters. The molecule has 1 aliphatic rings. The summed E-state index contributed by atoms with van der Waals surface area (Å²) >= 11 is 3.40. The van der Waals surface area contributed by atoms with Gasteiger partial charge in [-0.3, -0.25) is 9.69 Å². The highest BCUT2D eigenvalue weighted by Gasteiger charge is 2.34. The van der Waals surface area contributed by atoms with Crippen LogP contribution in [0.1, 0.15) is 42.6 Å². The minimum absolute atomic E-state index is 0.0308. The van der Waals surface area contributed by atoms with Gasteiger partial charge in [0.1, 0.15) is 11.5 Å². The Morgan fingerprint density at radius 2 is 1.94 bits per heavy atom. The monoisotopic (exact) mass is 564 g/mol. The van der Waals surface area contributed by atoms with Crippen LogP contribution < -0.4 is 14.8 Å². The van der Waals surface area contributed by atoms with Crippen LogP contribution in [0.2, 0.25) is 0 Å². The van der Waals surface area contributed by atoms with Crippen molar-refractivity contribution in [3.05, 3.63) is 51.5 Å². The summed E-state index contributed by atoms with van der Waals surface area (Å²) in [5.41, 5.74) is 0.558. The van der Waals surface area contributed by atoms with Crippen molar-refractivity contribution in [1.82, 2.24) is 10.2 Å². The molecule has 12 heteroatoms. The maximum Gasteiger partial charge on any atom is 0.373 e. The average Bonchev–Trinajstić information content (AvgIpc) is 3.38. The molecule has 1 N–H and O–H groups in total. The number of carbonyl (C=O) groups excluding carboxylic acids is 4. The number of rotatable bonds is 10. The summed E-state index contributed by atoms with van der Waals surface area (Å²) in [4.78, 5) is 49.7. The summed E-state index contributed by atoms with van der Waals surface area (Å²) in [7, 11) is 1.22. The fraction of sp³-hybridized carbons (Fsp3) is 0.333. The molecule has 1 fully saturated rings. The molecule has 3 rings (SSSR count). The van der Waals surface area contributed by atoms with E-state index in [0.717, 1.165) is 4.90 Å². The Morgan fingerprint density at radius 1 is 1.19 bits per heavy atom. The number of nitrogens with zero attached hydrogens (tertiary/aromatic N) is 1. The second-order valence-corrected chi connectivity index (χ2v) is 8.58. The molecule has 1 saturated heterocycles. The van der Waals surface area contributed by atoms with Gasteiger partial charge < -0.3 is 28.7 Å². The summed E-state index contributed by atoms with van der Waals surface area (Å²) in [6.45, 7) is 5.09. The van der Waals surface area contributed by atoms with E-state index >= 15 is 0 Å². The number of hydrogen-bond acceptors (Lipinski definition) is 9. The fourth-order valence-electron chi connectivity index (χ4n) is 3.21. The number of nitrogens with one attached hydrogen (secondary N) is 1. The van der Waals surface area contributed by atoms with E-state index in [4.69, 9.17) is 18.6 Å². The Hall–Kier alpha value is -3.80. The zero-order chi connectivity index (χ0) is 26.4. The predicted molar refractivity (Wildman–Crippen MR) is 129 cm³/mol. The zero-order valence-electron chi connectivity index (χ0n) is 20.1. The highest BCUT2D eigenvalue weighted by Crippen LogP contribution is 2.37. The molecule has 0 radical (unpaired) electrons. The first kappa shape index (κ1) is 26.8. The lowest BCUT2D eigenvalue weighted by molar-refractivity contribution is -0.149. The van der Waals surface area contributed by atoms with E-state index in [9.17, 15) is 19.2 Å². The van der Waals surface area contributed by atoms with Gasteiger partial charge in [0.25, 0.3) is 5.91 Å². The van der Waals surface area contributed by atoms with Crippen LogP contribution in [0.4, 0.5) is 4.79 Å². The first-order chi connectivity index (χ1) is 17.1. The topological polar surface area (TPSA) is 134 Å². The minimum atomic E-state index is -0.668. The number of ether oxygens (including phenoxy) is 4. The average molecular weight is 565 g/mol. The third-order valence-corrected chi connectivity index (χ3v) is 5.26. The highest BCUT2D eigenvalue weighted by molar-refractivity contribution is 9.10. The van der Waals surface area contributed by atoms with Crippen LogP contribution >= 0.6 is 15.9 Å². The first-order valence-electron chi connectivity index (χ1n) is 10.9. The van der Waals surface area contributed by atoms with Crippen LogP contribution in [-0.2, 0) is 25.6 Å². The first-order valence-corrected chi connectivity index (χ1v) is 11.7. The lowest BCUT2D eigenvalue weighted by atomic mass is 10.1. The summed E-state index contributed by atoms with van der Waals surface area (Å²) in [5, 5.41) is 2.52. The predicted octanol–water partition coefficient (Wildman–Crippen LogP) is 3.65. The van der Waals surface area contributed by atoms with Gasteiger partial charge in [-0.25, -0.2) is 14.4 Å². The van der Waals surface area contributed by atoms with Crippen molar-refractivity contribution in [3.8, 4) is 11.5 Å². The van der Waals surface area contributed by atoms with Gasteiger partial charge in [-0.05, 0) is 72.6 Å². The summed E-state index contributed by atoms with van der Waals surface area (Å²) < 4.78 is 26.7. The number of carbonyl (C=O) groups is 4. The lowest BCUT2D eigenvalue weighted by Gasteiger charge is -2.15. The van der Waals surface area contributed by atoms with Crippen LogP contribution in [0.15, 0.2) is 38.9 Å². The third kappa shape index (κ3) is 6.45. The summed E-state index contributed by atoms with van der Waals surface area (Å²) in [5.74, 6) is -0.957. The van der Waals surface area contributed by atoms with Crippen molar-refractivity contribution in [1.29, 1.82) is 0 Å². The Balaban J connectivity index is 1.78. The van der Waals surface area contributed by atoms with Crippen molar-refractivity contribution in [2.24, 2.45) is 0 Å². The smallest absolute Gasteiger partial charge is 0.373 e. The number of imide groups is 1. The number of hydrogen-bond donors (Lipinski definition) is 1. The van der Waals surface area contributed by atoms with Crippen molar-refractivity contribution >= 4 is 45.9 Å². The number of esters is 2. The van der Waals surface area contributed by atoms with Crippen LogP contribution in [0.5, 0.6) is 11.5 Å². The number of halogens is 1. The van der Waals surface area contributed by atoms with Gasteiger partial charge in [-0.1, -0.05) is 0 Å². The normalized spacial score (nSPS) is 14.3. The molecule has 0 saturated carbocycles. The van der Waals surface area contributed by atoms with E-state index in [1.807, 2.05) is 0 Å². The zero-order valence-corrected chi connectivity index (χ0v) is 21.7. The molecule has 0 unspecified atom stereocenters. The maximum atomic E-state index is 12.9. The molecule has 1 aromatic carbocycles. The van der Waals surface area contributed by atoms with Gasteiger partial charge >= 0.3 is 18.0 Å². The molecule has 11 nitrogen and oxygen atoms in total. The van der Waals surface area contributed by atoms with E-state index in [0.29, 0.717) is 28.1 Å². The second-order valence-electron chi connectivity index (χ2n) is 7.73. The van der Waals surface area contributed by atoms with Gasteiger partial charge in [-0.15, -0.1) is 0 Å². The number of amides is 3. The molecule has 0 spiro atoms. The molecule has 2 heterocycles. The van der Waals surface area contributed by atoms with Gasteiger partial charge in [0, 0.05) is 0 Å². The van der Waals surface area contributed by atoms with Gasteiger partial charge in [0.15, 0.2) is 18.1 Å². The van der Waals surface area contributed by atoms with Crippen LogP contribution in [0, 0.1) is 0 Å². The SMILES string of the molecule is CCOc1cc(/C=C2\NC(=O)N(Cc3ccc(C(=O)OC)o3)C2=O)cc(Br)c1OCC(=O)OC(C)C. The molecule has 0 bridgehead atoms. The largest absolute Gasteiger partial charge is 0.490 e. The standard InChI is InChI=1S/C24H25BrN2O9/c1-5-33-19-10-14(8-16(25)21(19)34-12-20(28)35-13(2)3)9-17-22(29)27(24(31)26-17)11-15-6-7-18(36-15)23(30)32-4/h6-10,13H,5,11-12H2,1-4H3,(H,26,31)/b17-9-. The van der Waals surface area contributed by atoms with Crippen molar-refractivity contribution in [2.75, 3.05) is 20.3 Å².